The van der Waals surface area contributed by atoms with E-state index in [1.165, 1.54) is 5.56 Å². The predicted molar refractivity (Wildman–Crippen MR) is 86.0 cm³/mol. The van der Waals surface area contributed by atoms with Gasteiger partial charge in [0.15, 0.2) is 0 Å². The Hall–Kier alpha value is -0.900. The number of methoxy groups -OCH3 is 1. The SMILES string of the molecule is CCN(CC(C)C(NC)c1ccccc1)C(C)COC. The van der Waals surface area contributed by atoms with E-state index >= 15 is 0 Å². The van der Waals surface area contributed by atoms with Crippen LogP contribution in [0.25, 0.3) is 0 Å². The highest BCUT2D eigenvalue weighted by Gasteiger charge is 2.21. The van der Waals surface area contributed by atoms with Gasteiger partial charge in [-0.05, 0) is 32.0 Å². The van der Waals surface area contributed by atoms with Crippen LogP contribution in [0.5, 0.6) is 0 Å². The lowest BCUT2D eigenvalue weighted by atomic mass is 9.93. The second-order valence-corrected chi connectivity index (χ2v) is 5.55. The molecule has 1 aromatic rings. The zero-order valence-corrected chi connectivity index (χ0v) is 13.6. The van der Waals surface area contributed by atoms with Crippen LogP contribution < -0.4 is 5.32 Å². The van der Waals surface area contributed by atoms with Crippen molar-refractivity contribution in [1.82, 2.24) is 10.2 Å². The Morgan fingerprint density at radius 1 is 1.20 bits per heavy atom. The van der Waals surface area contributed by atoms with Gasteiger partial charge < -0.3 is 10.1 Å². The van der Waals surface area contributed by atoms with Crippen molar-refractivity contribution in [2.75, 3.05) is 33.9 Å². The Kier molecular flexibility index (Phi) is 7.82. The van der Waals surface area contributed by atoms with Crippen LogP contribution in [0, 0.1) is 5.92 Å². The maximum absolute atomic E-state index is 5.28. The summed E-state index contributed by atoms with van der Waals surface area (Å²) in [7, 11) is 3.82. The second-order valence-electron chi connectivity index (χ2n) is 5.55. The molecule has 3 nitrogen and oxygen atoms in total. The highest BCUT2D eigenvalue weighted by Crippen LogP contribution is 2.22. The van der Waals surface area contributed by atoms with Gasteiger partial charge in [0.1, 0.15) is 0 Å². The number of hydrogen-bond acceptors (Lipinski definition) is 3. The van der Waals surface area contributed by atoms with Crippen LogP contribution in [0.2, 0.25) is 0 Å². The molecule has 1 rings (SSSR count). The van der Waals surface area contributed by atoms with Crippen molar-refractivity contribution in [3.05, 3.63) is 35.9 Å². The topological polar surface area (TPSA) is 24.5 Å². The van der Waals surface area contributed by atoms with Crippen LogP contribution in [-0.4, -0.2) is 44.8 Å². The number of nitrogens with one attached hydrogen (secondary N) is 1. The number of likely N-dealkylation sites (N-methyl/N-ethyl adjacent to an activating group) is 1. The molecule has 0 aliphatic heterocycles. The van der Waals surface area contributed by atoms with Gasteiger partial charge in [-0.15, -0.1) is 0 Å². The van der Waals surface area contributed by atoms with Crippen molar-refractivity contribution in [2.45, 2.75) is 32.9 Å². The fourth-order valence-electron chi connectivity index (χ4n) is 2.88. The van der Waals surface area contributed by atoms with E-state index in [-0.39, 0.29) is 0 Å². The van der Waals surface area contributed by atoms with E-state index in [0.717, 1.165) is 19.7 Å². The molecule has 0 bridgehead atoms. The molecule has 3 heteroatoms. The van der Waals surface area contributed by atoms with E-state index in [9.17, 15) is 0 Å². The van der Waals surface area contributed by atoms with Gasteiger partial charge in [-0.1, -0.05) is 44.2 Å². The minimum absolute atomic E-state index is 0.389. The summed E-state index contributed by atoms with van der Waals surface area (Å²) in [6.07, 6.45) is 0. The number of hydrogen-bond donors (Lipinski definition) is 1. The largest absolute Gasteiger partial charge is 0.383 e. The molecule has 0 aliphatic rings. The Morgan fingerprint density at radius 3 is 2.35 bits per heavy atom. The Morgan fingerprint density at radius 2 is 1.85 bits per heavy atom. The van der Waals surface area contributed by atoms with Crippen LogP contribution in [0.4, 0.5) is 0 Å². The zero-order valence-electron chi connectivity index (χ0n) is 13.6. The quantitative estimate of drug-likeness (QED) is 0.751. The Labute approximate surface area is 124 Å². The highest BCUT2D eigenvalue weighted by molar-refractivity contribution is 5.19. The maximum Gasteiger partial charge on any atom is 0.0615 e. The van der Waals surface area contributed by atoms with Crippen molar-refractivity contribution >= 4 is 0 Å². The lowest BCUT2D eigenvalue weighted by Crippen LogP contribution is -2.41. The lowest BCUT2D eigenvalue weighted by molar-refractivity contribution is 0.0887. The highest BCUT2D eigenvalue weighted by atomic mass is 16.5. The van der Waals surface area contributed by atoms with Gasteiger partial charge in [0, 0.05) is 25.7 Å². The number of nitrogens with zero attached hydrogens (tertiary/aromatic N) is 1. The van der Waals surface area contributed by atoms with E-state index in [1.807, 2.05) is 7.05 Å². The molecule has 20 heavy (non-hydrogen) atoms. The third kappa shape index (κ3) is 4.89. The van der Waals surface area contributed by atoms with Crippen LogP contribution in [0.15, 0.2) is 30.3 Å². The number of benzene rings is 1. The molecule has 1 N–H and O–H groups in total. The molecule has 0 heterocycles. The van der Waals surface area contributed by atoms with Crippen LogP contribution >= 0.6 is 0 Å². The molecule has 0 amide bonds. The van der Waals surface area contributed by atoms with Gasteiger partial charge in [-0.3, -0.25) is 4.90 Å². The van der Waals surface area contributed by atoms with E-state index < -0.39 is 0 Å². The summed E-state index contributed by atoms with van der Waals surface area (Å²) in [5, 5.41) is 3.46. The van der Waals surface area contributed by atoms with Crippen LogP contribution in [0.3, 0.4) is 0 Å². The smallest absolute Gasteiger partial charge is 0.0615 e. The Balaban J connectivity index is 2.69. The molecule has 3 atom stereocenters. The van der Waals surface area contributed by atoms with Crippen LogP contribution in [-0.2, 0) is 4.74 Å². The van der Waals surface area contributed by atoms with E-state index in [0.29, 0.717) is 18.0 Å². The first-order valence-electron chi connectivity index (χ1n) is 7.59. The fraction of sp³-hybridized carbons (Fsp3) is 0.647. The molecule has 0 fully saturated rings. The first-order chi connectivity index (χ1) is 9.63. The van der Waals surface area contributed by atoms with Gasteiger partial charge >= 0.3 is 0 Å². The van der Waals surface area contributed by atoms with Gasteiger partial charge in [0.2, 0.25) is 0 Å². The molecule has 1 aromatic carbocycles. The van der Waals surface area contributed by atoms with Gasteiger partial charge in [-0.2, -0.15) is 0 Å². The molecule has 114 valence electrons. The lowest BCUT2D eigenvalue weighted by Gasteiger charge is -2.33. The van der Waals surface area contributed by atoms with E-state index in [1.54, 1.807) is 7.11 Å². The third-order valence-corrected chi connectivity index (χ3v) is 4.00. The van der Waals surface area contributed by atoms with Gasteiger partial charge in [0.25, 0.3) is 0 Å². The van der Waals surface area contributed by atoms with Gasteiger partial charge in [-0.25, -0.2) is 0 Å². The summed E-state index contributed by atoms with van der Waals surface area (Å²) in [5.41, 5.74) is 1.36. The predicted octanol–water partition coefficient (Wildman–Crippen LogP) is 2.94. The normalized spacial score (nSPS) is 16.1. The summed E-state index contributed by atoms with van der Waals surface area (Å²) in [6, 6.07) is 11.5. The fourth-order valence-corrected chi connectivity index (χ4v) is 2.88. The van der Waals surface area contributed by atoms with Gasteiger partial charge in [0.05, 0.1) is 6.61 Å². The summed E-state index contributed by atoms with van der Waals surface area (Å²) >= 11 is 0. The molecule has 0 spiro atoms. The van der Waals surface area contributed by atoms with Crippen molar-refractivity contribution < 1.29 is 4.74 Å². The average molecular weight is 278 g/mol. The minimum Gasteiger partial charge on any atom is -0.383 e. The summed E-state index contributed by atoms with van der Waals surface area (Å²) in [4.78, 5) is 2.49. The van der Waals surface area contributed by atoms with Crippen LogP contribution in [0.1, 0.15) is 32.4 Å². The second kappa shape index (κ2) is 9.11. The molecule has 3 unspecified atom stereocenters. The molecule has 0 saturated heterocycles. The summed E-state index contributed by atoms with van der Waals surface area (Å²) in [5.74, 6) is 0.543. The Bertz CT molecular complexity index is 355. The zero-order chi connectivity index (χ0) is 15.0. The van der Waals surface area contributed by atoms with Crippen molar-refractivity contribution in [3.63, 3.8) is 0 Å². The number of ether oxygens (including phenoxy) is 1. The molecule has 0 radical (unpaired) electrons. The third-order valence-electron chi connectivity index (χ3n) is 4.00. The monoisotopic (exact) mass is 278 g/mol. The maximum atomic E-state index is 5.28. The van der Waals surface area contributed by atoms with Crippen molar-refractivity contribution in [1.29, 1.82) is 0 Å². The number of rotatable bonds is 9. The standard InChI is InChI=1S/C17H30N2O/c1-6-19(15(3)13-20-5)12-14(2)17(18-4)16-10-8-7-9-11-16/h7-11,14-15,17-18H,6,12-13H2,1-5H3. The van der Waals surface area contributed by atoms with Crippen molar-refractivity contribution in [2.24, 2.45) is 5.92 Å². The molecule has 0 saturated carbocycles. The molecular weight excluding hydrogens is 248 g/mol. The summed E-state index contributed by atoms with van der Waals surface area (Å²) < 4.78 is 5.28. The van der Waals surface area contributed by atoms with E-state index in [2.05, 4.69) is 61.3 Å². The minimum atomic E-state index is 0.389. The molecular formula is C17H30N2O. The van der Waals surface area contributed by atoms with Crippen molar-refractivity contribution in [3.8, 4) is 0 Å². The first-order valence-corrected chi connectivity index (χ1v) is 7.59. The molecule has 0 aliphatic carbocycles. The summed E-state index contributed by atoms with van der Waals surface area (Å²) in [6.45, 7) is 9.68. The first kappa shape index (κ1) is 17.2. The van der Waals surface area contributed by atoms with E-state index in [4.69, 9.17) is 4.74 Å². The average Bonchev–Trinajstić information content (AvgIpc) is 2.46. The molecule has 0 aromatic heterocycles.